The molecule has 0 bridgehead atoms. The van der Waals surface area contributed by atoms with Gasteiger partial charge in [0.1, 0.15) is 17.3 Å². The van der Waals surface area contributed by atoms with Crippen molar-refractivity contribution in [3.8, 4) is 11.1 Å². The SMILES string of the molecule is CCN1CCN(c2ccc(Nc3nc(C)c4cc(-c5cc(F)cc(F)c5)c(=O)n(CC)c4n3)cc2)CC1. The van der Waals surface area contributed by atoms with Crippen LogP contribution in [-0.2, 0) is 6.54 Å². The molecule has 2 aromatic carbocycles. The van der Waals surface area contributed by atoms with Crippen molar-refractivity contribution in [1.29, 1.82) is 0 Å². The molecule has 1 aliphatic heterocycles. The number of likely N-dealkylation sites (N-methyl/N-ethyl adjacent to an activating group) is 1. The number of nitrogens with zero attached hydrogens (tertiary/aromatic N) is 5. The maximum Gasteiger partial charge on any atom is 0.260 e. The first-order valence-electron chi connectivity index (χ1n) is 12.6. The highest BCUT2D eigenvalue weighted by atomic mass is 19.1. The van der Waals surface area contributed by atoms with Crippen molar-refractivity contribution >= 4 is 28.4 Å². The Balaban J connectivity index is 1.45. The monoisotopic (exact) mass is 504 g/mol. The second-order valence-electron chi connectivity index (χ2n) is 9.23. The van der Waals surface area contributed by atoms with Crippen LogP contribution in [0.4, 0.5) is 26.1 Å². The summed E-state index contributed by atoms with van der Waals surface area (Å²) in [6, 6.07) is 12.9. The summed E-state index contributed by atoms with van der Waals surface area (Å²) in [7, 11) is 0. The van der Waals surface area contributed by atoms with Gasteiger partial charge in [0, 0.05) is 61.1 Å². The molecule has 37 heavy (non-hydrogen) atoms. The molecular weight excluding hydrogens is 474 g/mol. The normalized spacial score (nSPS) is 14.4. The predicted octanol–water partition coefficient (Wildman–Crippen LogP) is 4.95. The van der Waals surface area contributed by atoms with Crippen LogP contribution in [0.5, 0.6) is 0 Å². The fraction of sp³-hybridized carbons (Fsp3) is 0.321. The van der Waals surface area contributed by atoms with E-state index >= 15 is 0 Å². The smallest absolute Gasteiger partial charge is 0.260 e. The van der Waals surface area contributed by atoms with Gasteiger partial charge in [0.25, 0.3) is 5.56 Å². The van der Waals surface area contributed by atoms with Crippen molar-refractivity contribution < 1.29 is 8.78 Å². The van der Waals surface area contributed by atoms with Crippen molar-refractivity contribution in [3.05, 3.63) is 76.2 Å². The first kappa shape index (κ1) is 24.8. The lowest BCUT2D eigenvalue weighted by molar-refractivity contribution is 0.271. The molecule has 3 heterocycles. The van der Waals surface area contributed by atoms with Crippen LogP contribution in [0.1, 0.15) is 19.5 Å². The van der Waals surface area contributed by atoms with E-state index in [2.05, 4.69) is 44.1 Å². The quantitative estimate of drug-likeness (QED) is 0.401. The molecule has 0 spiro atoms. The molecule has 1 N–H and O–H groups in total. The van der Waals surface area contributed by atoms with E-state index in [4.69, 9.17) is 0 Å². The molecule has 0 saturated carbocycles. The predicted molar refractivity (Wildman–Crippen MR) is 144 cm³/mol. The summed E-state index contributed by atoms with van der Waals surface area (Å²) in [4.78, 5) is 27.3. The maximum atomic E-state index is 13.9. The Morgan fingerprint density at radius 1 is 0.892 bits per heavy atom. The van der Waals surface area contributed by atoms with E-state index < -0.39 is 11.6 Å². The van der Waals surface area contributed by atoms with Crippen LogP contribution in [0, 0.1) is 18.6 Å². The highest BCUT2D eigenvalue weighted by Crippen LogP contribution is 2.26. The topological polar surface area (TPSA) is 66.3 Å². The minimum absolute atomic E-state index is 0.185. The number of halogens is 2. The first-order valence-corrected chi connectivity index (χ1v) is 12.6. The van der Waals surface area contributed by atoms with E-state index in [1.807, 2.05) is 26.0 Å². The Morgan fingerprint density at radius 2 is 1.57 bits per heavy atom. The summed E-state index contributed by atoms with van der Waals surface area (Å²) in [6.45, 7) is 11.4. The second-order valence-corrected chi connectivity index (χ2v) is 9.23. The Labute approximate surface area is 214 Å². The molecule has 0 atom stereocenters. The molecule has 4 aromatic rings. The molecule has 0 unspecified atom stereocenters. The minimum Gasteiger partial charge on any atom is -0.369 e. The Hall–Kier alpha value is -3.85. The van der Waals surface area contributed by atoms with Crippen LogP contribution in [-0.4, -0.2) is 52.2 Å². The number of nitrogens with one attached hydrogen (secondary N) is 1. The van der Waals surface area contributed by atoms with Gasteiger partial charge in [0.05, 0.1) is 5.69 Å². The zero-order valence-electron chi connectivity index (χ0n) is 21.3. The van der Waals surface area contributed by atoms with Crippen molar-refractivity contribution in [2.24, 2.45) is 0 Å². The number of aryl methyl sites for hydroxylation is 2. The lowest BCUT2D eigenvalue weighted by Gasteiger charge is -2.35. The van der Waals surface area contributed by atoms with Crippen molar-refractivity contribution in [1.82, 2.24) is 19.4 Å². The summed E-state index contributed by atoms with van der Waals surface area (Å²) in [5.41, 5.74) is 3.16. The molecular formula is C28H30F2N6O. The summed E-state index contributed by atoms with van der Waals surface area (Å²) in [5, 5.41) is 3.90. The summed E-state index contributed by atoms with van der Waals surface area (Å²) < 4.78 is 29.2. The maximum absolute atomic E-state index is 13.9. The van der Waals surface area contributed by atoms with E-state index in [9.17, 15) is 13.6 Å². The van der Waals surface area contributed by atoms with Crippen LogP contribution < -0.4 is 15.8 Å². The molecule has 7 nitrogen and oxygen atoms in total. The molecule has 1 aliphatic rings. The average molecular weight is 505 g/mol. The number of benzene rings is 2. The number of hydrogen-bond donors (Lipinski definition) is 1. The van der Waals surface area contributed by atoms with Crippen molar-refractivity contribution in [3.63, 3.8) is 0 Å². The molecule has 1 saturated heterocycles. The zero-order valence-corrected chi connectivity index (χ0v) is 21.3. The summed E-state index contributed by atoms with van der Waals surface area (Å²) in [5.74, 6) is -1.10. The number of hydrogen-bond acceptors (Lipinski definition) is 6. The molecule has 2 aromatic heterocycles. The van der Waals surface area contributed by atoms with Gasteiger partial charge in [-0.25, -0.2) is 13.8 Å². The third-order valence-electron chi connectivity index (χ3n) is 6.93. The Morgan fingerprint density at radius 3 is 2.19 bits per heavy atom. The van der Waals surface area contributed by atoms with Crippen LogP contribution >= 0.6 is 0 Å². The van der Waals surface area contributed by atoms with Gasteiger partial charge in [-0.3, -0.25) is 9.36 Å². The van der Waals surface area contributed by atoms with Crippen LogP contribution in [0.25, 0.3) is 22.2 Å². The number of piperazine rings is 1. The number of fused-ring (bicyclic) bond motifs is 1. The van der Waals surface area contributed by atoms with E-state index in [1.54, 1.807) is 6.07 Å². The van der Waals surface area contributed by atoms with Crippen LogP contribution in [0.3, 0.4) is 0 Å². The molecule has 0 radical (unpaired) electrons. The number of pyridine rings is 1. The third kappa shape index (κ3) is 5.04. The number of aromatic nitrogens is 3. The average Bonchev–Trinajstić information content (AvgIpc) is 2.88. The standard InChI is InChI=1S/C28H30F2N6O/c1-4-34-10-12-35(13-11-34)23-8-6-22(7-9-23)32-28-31-18(3)24-17-25(19-14-20(29)16-21(30)15-19)27(37)36(5-2)26(24)33-28/h6-9,14-17H,4-5,10-13H2,1-3H3,(H,31,32,33). The van der Waals surface area contributed by atoms with Gasteiger partial charge in [0.15, 0.2) is 0 Å². The van der Waals surface area contributed by atoms with Crippen molar-refractivity contribution in [2.45, 2.75) is 27.3 Å². The fourth-order valence-corrected chi connectivity index (χ4v) is 4.86. The fourth-order valence-electron chi connectivity index (χ4n) is 4.86. The lowest BCUT2D eigenvalue weighted by Crippen LogP contribution is -2.46. The largest absolute Gasteiger partial charge is 0.369 e. The summed E-state index contributed by atoms with van der Waals surface area (Å²) in [6.07, 6.45) is 0. The first-order chi connectivity index (χ1) is 17.9. The van der Waals surface area contributed by atoms with Crippen LogP contribution in [0.2, 0.25) is 0 Å². The van der Waals surface area contributed by atoms with Gasteiger partial charge >= 0.3 is 0 Å². The molecule has 0 amide bonds. The van der Waals surface area contributed by atoms with E-state index in [0.717, 1.165) is 56.6 Å². The lowest BCUT2D eigenvalue weighted by atomic mass is 10.0. The highest BCUT2D eigenvalue weighted by molar-refractivity contribution is 5.84. The molecule has 1 fully saturated rings. The van der Waals surface area contributed by atoms with Gasteiger partial charge in [-0.15, -0.1) is 0 Å². The molecule has 5 rings (SSSR count). The highest BCUT2D eigenvalue weighted by Gasteiger charge is 2.17. The van der Waals surface area contributed by atoms with Gasteiger partial charge in [0.2, 0.25) is 5.95 Å². The zero-order chi connectivity index (χ0) is 26.1. The Kier molecular flexibility index (Phi) is 6.88. The van der Waals surface area contributed by atoms with Gasteiger partial charge < -0.3 is 15.1 Å². The van der Waals surface area contributed by atoms with E-state index in [-0.39, 0.29) is 16.7 Å². The van der Waals surface area contributed by atoms with Gasteiger partial charge in [-0.05, 0) is 68.4 Å². The third-order valence-corrected chi connectivity index (χ3v) is 6.93. The van der Waals surface area contributed by atoms with Crippen molar-refractivity contribution in [2.75, 3.05) is 42.9 Å². The van der Waals surface area contributed by atoms with E-state index in [0.29, 0.717) is 29.2 Å². The number of anilines is 3. The summed E-state index contributed by atoms with van der Waals surface area (Å²) >= 11 is 0. The molecule has 9 heteroatoms. The second kappa shape index (κ2) is 10.3. The van der Waals surface area contributed by atoms with Gasteiger partial charge in [-0.2, -0.15) is 4.98 Å². The molecule has 192 valence electrons. The minimum atomic E-state index is -0.737. The van der Waals surface area contributed by atoms with E-state index in [1.165, 1.54) is 10.3 Å². The van der Waals surface area contributed by atoms with Gasteiger partial charge in [-0.1, -0.05) is 6.92 Å². The molecule has 0 aliphatic carbocycles. The number of rotatable bonds is 6. The van der Waals surface area contributed by atoms with Crippen LogP contribution in [0.15, 0.2) is 53.3 Å². The Bertz CT molecular complexity index is 1470.